The first-order valence-corrected chi connectivity index (χ1v) is 1.51. The van der Waals surface area contributed by atoms with Crippen molar-refractivity contribution in [1.82, 2.24) is 0 Å². The first kappa shape index (κ1) is 4.96. The maximum absolute atomic E-state index is 11.1. The first-order chi connectivity index (χ1) is 2.27. The summed E-state index contributed by atoms with van der Waals surface area (Å²) >= 11 is 4.67. The van der Waals surface area contributed by atoms with Crippen molar-refractivity contribution in [3.63, 3.8) is 0 Å². The summed E-state index contributed by atoms with van der Waals surface area (Å²) in [7, 11) is 0. The number of hydrogen-bond acceptors (Lipinski definition) is 0. The van der Waals surface area contributed by atoms with Crippen molar-refractivity contribution in [2.24, 2.45) is 0 Å². The average Bonchev–Trinajstić information content (AvgIpc) is 1.38. The molecule has 5 heavy (non-hydrogen) atoms. The Morgan fingerprint density at radius 1 is 2.00 bits per heavy atom. The van der Waals surface area contributed by atoms with Gasteiger partial charge in [0.25, 0.3) is 0 Å². The van der Waals surface area contributed by atoms with Gasteiger partial charge in [-0.25, -0.2) is 4.39 Å². The molecule has 0 atom stereocenters. The molecule has 0 aliphatic carbocycles. The van der Waals surface area contributed by atoms with Gasteiger partial charge in [-0.05, 0) is 6.92 Å². The standard InChI is InChI=1S/C3H3ClF/c1-3(5)2-4/h1H3. The zero-order valence-corrected chi connectivity index (χ0v) is 3.51. The summed E-state index contributed by atoms with van der Waals surface area (Å²) < 4.78 is 11.1. The van der Waals surface area contributed by atoms with Gasteiger partial charge in [0.2, 0.25) is 0 Å². The molecule has 0 unspecified atom stereocenters. The fourth-order valence-corrected chi connectivity index (χ4v) is 0. The Bertz CT molecular complexity index is 44.9. The second kappa shape index (κ2) is 2.21. The van der Waals surface area contributed by atoms with Crippen LogP contribution in [0.3, 0.4) is 0 Å². The van der Waals surface area contributed by atoms with Crippen molar-refractivity contribution in [3.8, 4) is 0 Å². The molecule has 0 fully saturated rings. The van der Waals surface area contributed by atoms with E-state index < -0.39 is 5.83 Å². The third-order valence-electron chi connectivity index (χ3n) is 0.130. The molecule has 29 valence electrons. The lowest BCUT2D eigenvalue weighted by atomic mass is 10.7. The van der Waals surface area contributed by atoms with E-state index in [-0.39, 0.29) is 0 Å². The number of rotatable bonds is 0. The maximum Gasteiger partial charge on any atom is 0.117 e. The van der Waals surface area contributed by atoms with Crippen LogP contribution in [0.25, 0.3) is 0 Å². The summed E-state index contributed by atoms with van der Waals surface area (Å²) in [5.41, 5.74) is 1.75. The molecule has 1 radical (unpaired) electrons. The van der Waals surface area contributed by atoms with Crippen LogP contribution < -0.4 is 0 Å². The van der Waals surface area contributed by atoms with Crippen molar-refractivity contribution in [3.05, 3.63) is 11.4 Å². The molecular weight excluding hydrogens is 90.5 g/mol. The van der Waals surface area contributed by atoms with Crippen LogP contribution in [0.1, 0.15) is 6.92 Å². The van der Waals surface area contributed by atoms with Crippen molar-refractivity contribution in [1.29, 1.82) is 0 Å². The van der Waals surface area contributed by atoms with Crippen molar-refractivity contribution < 1.29 is 4.39 Å². The summed E-state index contributed by atoms with van der Waals surface area (Å²) in [5.74, 6) is -0.480. The lowest BCUT2D eigenvalue weighted by Gasteiger charge is -1.64. The van der Waals surface area contributed by atoms with E-state index in [2.05, 4.69) is 11.6 Å². The molecule has 0 spiro atoms. The molecule has 0 N–H and O–H groups in total. The summed E-state index contributed by atoms with van der Waals surface area (Å²) in [5, 5.41) is 0. The van der Waals surface area contributed by atoms with Gasteiger partial charge in [-0.3, -0.25) is 0 Å². The quantitative estimate of drug-likeness (QED) is 0.429. The zero-order valence-electron chi connectivity index (χ0n) is 2.76. The number of halogens is 2. The largest absolute Gasteiger partial charge is 0.210 e. The molecule has 0 aliphatic heterocycles. The molecule has 0 nitrogen and oxygen atoms in total. The van der Waals surface area contributed by atoms with Crippen LogP contribution in [0.15, 0.2) is 5.83 Å². The van der Waals surface area contributed by atoms with Crippen LogP contribution in [0, 0.1) is 5.54 Å². The summed E-state index contributed by atoms with van der Waals surface area (Å²) in [4.78, 5) is 0. The van der Waals surface area contributed by atoms with Gasteiger partial charge in [0, 0.05) is 0 Å². The Morgan fingerprint density at radius 2 is 2.20 bits per heavy atom. The topological polar surface area (TPSA) is 0 Å². The van der Waals surface area contributed by atoms with E-state index in [1.165, 1.54) is 6.92 Å². The van der Waals surface area contributed by atoms with Gasteiger partial charge >= 0.3 is 0 Å². The van der Waals surface area contributed by atoms with E-state index >= 15 is 0 Å². The summed E-state index contributed by atoms with van der Waals surface area (Å²) in [6.45, 7) is 1.23. The minimum atomic E-state index is -0.480. The summed E-state index contributed by atoms with van der Waals surface area (Å²) in [6.07, 6.45) is 0. The highest BCUT2D eigenvalue weighted by atomic mass is 35.5. The van der Waals surface area contributed by atoms with E-state index in [4.69, 9.17) is 0 Å². The van der Waals surface area contributed by atoms with Crippen LogP contribution in [0.4, 0.5) is 4.39 Å². The van der Waals surface area contributed by atoms with Gasteiger partial charge in [0.1, 0.15) is 5.83 Å². The van der Waals surface area contributed by atoms with Gasteiger partial charge in [-0.15, -0.1) is 0 Å². The number of hydrogen-bond donors (Lipinski definition) is 0. The fourth-order valence-electron chi connectivity index (χ4n) is 0. The van der Waals surface area contributed by atoms with E-state index in [0.29, 0.717) is 0 Å². The molecular formula is C3H3ClF. The molecule has 0 aromatic rings. The van der Waals surface area contributed by atoms with Crippen LogP contribution in [0.5, 0.6) is 0 Å². The van der Waals surface area contributed by atoms with Crippen LogP contribution in [-0.4, -0.2) is 0 Å². The molecule has 2 heteroatoms. The van der Waals surface area contributed by atoms with Gasteiger partial charge in [-0.2, -0.15) is 0 Å². The maximum atomic E-state index is 11.1. The third-order valence-corrected chi connectivity index (χ3v) is 0.391. The monoisotopic (exact) mass is 93.0 g/mol. The minimum absolute atomic E-state index is 0.480. The van der Waals surface area contributed by atoms with Crippen LogP contribution in [-0.2, 0) is 0 Å². The lowest BCUT2D eigenvalue weighted by molar-refractivity contribution is 0.639. The van der Waals surface area contributed by atoms with Crippen molar-refractivity contribution in [2.45, 2.75) is 6.92 Å². The second-order valence-electron chi connectivity index (χ2n) is 0.628. The van der Waals surface area contributed by atoms with Gasteiger partial charge in [-0.1, -0.05) is 11.6 Å². The molecule has 0 bridgehead atoms. The van der Waals surface area contributed by atoms with Crippen LogP contribution >= 0.6 is 11.6 Å². The predicted octanol–water partition coefficient (Wildman–Crippen LogP) is 1.86. The second-order valence-corrected chi connectivity index (χ2v) is 0.817. The average molecular weight is 93.5 g/mol. The van der Waals surface area contributed by atoms with Gasteiger partial charge in [0.05, 0.1) is 5.54 Å². The van der Waals surface area contributed by atoms with E-state index in [1.807, 2.05) is 0 Å². The molecule has 0 aromatic heterocycles. The Balaban J connectivity index is 3.14. The molecule has 0 aliphatic rings. The van der Waals surface area contributed by atoms with Crippen molar-refractivity contribution in [2.75, 3.05) is 0 Å². The van der Waals surface area contributed by atoms with E-state index in [0.717, 1.165) is 0 Å². The molecule has 0 saturated carbocycles. The first-order valence-electron chi connectivity index (χ1n) is 1.13. The highest BCUT2D eigenvalue weighted by Crippen LogP contribution is 1.90. The van der Waals surface area contributed by atoms with Crippen LogP contribution in [0.2, 0.25) is 0 Å². The van der Waals surface area contributed by atoms with E-state index in [9.17, 15) is 4.39 Å². The molecule has 0 saturated heterocycles. The van der Waals surface area contributed by atoms with Gasteiger partial charge in [0.15, 0.2) is 0 Å². The third kappa shape index (κ3) is 3.96. The SMILES string of the molecule is C/C(F)=[C]/Cl. The van der Waals surface area contributed by atoms with Crippen molar-refractivity contribution >= 4 is 11.6 Å². The molecule has 0 aromatic carbocycles. The smallest absolute Gasteiger partial charge is 0.117 e. The molecule has 0 heterocycles. The van der Waals surface area contributed by atoms with E-state index in [1.54, 1.807) is 5.54 Å². The van der Waals surface area contributed by atoms with Gasteiger partial charge < -0.3 is 0 Å². The predicted molar refractivity (Wildman–Crippen MR) is 19.4 cm³/mol. The molecule has 0 rings (SSSR count). The highest BCUT2D eigenvalue weighted by Gasteiger charge is 1.70. The molecule has 0 amide bonds. The Labute approximate surface area is 35.2 Å². The normalized spacial score (nSPS) is 12.2. The highest BCUT2D eigenvalue weighted by molar-refractivity contribution is 6.22. The zero-order chi connectivity index (χ0) is 4.28. The lowest BCUT2D eigenvalue weighted by Crippen LogP contribution is -1.46. The fraction of sp³-hybridized carbons (Fsp3) is 0.333. The Kier molecular flexibility index (Phi) is 2.19. The summed E-state index contributed by atoms with van der Waals surface area (Å²) in [6, 6.07) is 0. The minimum Gasteiger partial charge on any atom is -0.210 e. The Morgan fingerprint density at radius 3 is 2.20 bits per heavy atom. The Hall–Kier alpha value is -0.0400. The number of allylic oxidation sites excluding steroid dienone is 1.